The van der Waals surface area contributed by atoms with Crippen molar-refractivity contribution in [1.82, 2.24) is 14.5 Å². The van der Waals surface area contributed by atoms with Crippen LogP contribution in [-0.2, 0) is 4.79 Å². The Morgan fingerprint density at radius 3 is 2.79 bits per heavy atom. The fraction of sp³-hybridized carbons (Fsp3) is 0.0526. The first-order valence-corrected chi connectivity index (χ1v) is 11.0. The van der Waals surface area contributed by atoms with Crippen LogP contribution in [0.5, 0.6) is 0 Å². The van der Waals surface area contributed by atoms with Crippen LogP contribution in [0, 0.1) is 3.95 Å². The number of anilines is 1. The number of para-hydroxylation sites is 1. The van der Waals surface area contributed by atoms with Crippen LogP contribution in [-0.4, -0.2) is 26.2 Å². The van der Waals surface area contributed by atoms with Gasteiger partial charge in [0.1, 0.15) is 4.70 Å². The second kappa shape index (κ2) is 8.50. The number of hydrogen-bond acceptors (Lipinski definition) is 6. The Bertz CT molecular complexity index is 1310. The molecule has 2 heterocycles. The van der Waals surface area contributed by atoms with E-state index in [9.17, 15) is 9.59 Å². The van der Waals surface area contributed by atoms with Gasteiger partial charge >= 0.3 is 0 Å². The van der Waals surface area contributed by atoms with Gasteiger partial charge in [-0.1, -0.05) is 59.0 Å². The van der Waals surface area contributed by atoms with Crippen molar-refractivity contribution in [2.75, 3.05) is 11.1 Å². The third-order valence-corrected chi connectivity index (χ3v) is 6.35. The van der Waals surface area contributed by atoms with Crippen LogP contribution in [0.15, 0.2) is 64.5 Å². The second-order valence-corrected chi connectivity index (χ2v) is 8.95. The summed E-state index contributed by atoms with van der Waals surface area (Å²) in [5.74, 6) is -0.151. The molecule has 6 nitrogen and oxygen atoms in total. The molecule has 29 heavy (non-hydrogen) atoms. The molecule has 0 aliphatic heterocycles. The number of rotatable bonds is 5. The molecule has 0 atom stereocenters. The predicted molar refractivity (Wildman–Crippen MR) is 121 cm³/mol. The van der Waals surface area contributed by atoms with Gasteiger partial charge in [-0.25, -0.2) is 4.98 Å². The number of nitrogens with zero attached hydrogens (tertiary/aromatic N) is 2. The summed E-state index contributed by atoms with van der Waals surface area (Å²) < 4.78 is 2.75. The van der Waals surface area contributed by atoms with Crippen LogP contribution in [0.3, 0.4) is 0 Å². The van der Waals surface area contributed by atoms with Crippen LogP contribution >= 0.6 is 46.9 Å². The lowest BCUT2D eigenvalue weighted by molar-refractivity contribution is -0.113. The average molecular weight is 461 g/mol. The molecule has 0 radical (unpaired) electrons. The third-order valence-electron chi connectivity index (χ3n) is 3.88. The van der Waals surface area contributed by atoms with Crippen LogP contribution < -0.4 is 10.9 Å². The molecule has 10 heteroatoms. The summed E-state index contributed by atoms with van der Waals surface area (Å²) in [7, 11) is 0. The number of carbonyl (C=O) groups is 1. The van der Waals surface area contributed by atoms with E-state index in [1.807, 2.05) is 30.3 Å². The number of aromatic nitrogens is 3. The maximum absolute atomic E-state index is 12.5. The van der Waals surface area contributed by atoms with E-state index in [2.05, 4.69) is 15.3 Å². The summed E-state index contributed by atoms with van der Waals surface area (Å²) in [6.45, 7) is 0. The van der Waals surface area contributed by atoms with Crippen molar-refractivity contribution < 1.29 is 4.79 Å². The Hall–Kier alpha value is -2.46. The van der Waals surface area contributed by atoms with Gasteiger partial charge in [-0.15, -0.1) is 0 Å². The molecule has 4 rings (SSSR count). The first-order chi connectivity index (χ1) is 14.0. The van der Waals surface area contributed by atoms with E-state index in [1.165, 1.54) is 11.3 Å². The third kappa shape index (κ3) is 4.43. The fourth-order valence-electron chi connectivity index (χ4n) is 2.66. The van der Waals surface area contributed by atoms with Gasteiger partial charge in [0.15, 0.2) is 14.8 Å². The van der Waals surface area contributed by atoms with Crippen molar-refractivity contribution in [2.45, 2.75) is 5.16 Å². The molecule has 2 N–H and O–H groups in total. The molecule has 0 bridgehead atoms. The minimum Gasteiger partial charge on any atom is -0.325 e. The Morgan fingerprint density at radius 1 is 1.24 bits per heavy atom. The predicted octanol–water partition coefficient (Wildman–Crippen LogP) is 4.89. The highest BCUT2D eigenvalue weighted by atomic mass is 35.5. The number of amides is 1. The Kier molecular flexibility index (Phi) is 5.81. The molecule has 2 aromatic heterocycles. The minimum absolute atomic E-state index is 0.0805. The van der Waals surface area contributed by atoms with E-state index in [0.717, 1.165) is 17.4 Å². The zero-order chi connectivity index (χ0) is 20.4. The number of halogens is 1. The van der Waals surface area contributed by atoms with E-state index < -0.39 is 0 Å². The van der Waals surface area contributed by atoms with E-state index in [4.69, 9.17) is 23.8 Å². The Labute approximate surface area is 183 Å². The van der Waals surface area contributed by atoms with Crippen LogP contribution in [0.2, 0.25) is 5.02 Å². The summed E-state index contributed by atoms with van der Waals surface area (Å²) in [5, 5.41) is 3.65. The van der Waals surface area contributed by atoms with Gasteiger partial charge in [0.25, 0.3) is 5.56 Å². The lowest BCUT2D eigenvalue weighted by atomic mass is 10.3. The van der Waals surface area contributed by atoms with Gasteiger partial charge in [0, 0.05) is 16.4 Å². The summed E-state index contributed by atoms with van der Waals surface area (Å²) >= 11 is 13.7. The number of H-pyrrole nitrogens is 1. The highest BCUT2D eigenvalue weighted by molar-refractivity contribution is 7.99. The van der Waals surface area contributed by atoms with Gasteiger partial charge in [-0.2, -0.15) is 0 Å². The standard InChI is InChI=1S/C19H13ClN4O2S3/c20-11-5-4-6-12(9-11)21-14(25)10-28-18-22-16-15(17(26)23-18)29-19(27)24(16)13-7-2-1-3-8-13/h1-9H,10H2,(H,21,25)(H,22,23,26). The van der Waals surface area contributed by atoms with Crippen LogP contribution in [0.4, 0.5) is 5.69 Å². The van der Waals surface area contributed by atoms with Crippen molar-refractivity contribution in [2.24, 2.45) is 0 Å². The Morgan fingerprint density at radius 2 is 2.03 bits per heavy atom. The number of thioether (sulfide) groups is 1. The van der Waals surface area contributed by atoms with Gasteiger partial charge in [-0.3, -0.25) is 14.2 Å². The average Bonchev–Trinajstić information content (AvgIpc) is 3.03. The maximum Gasteiger partial charge on any atom is 0.271 e. The molecule has 146 valence electrons. The van der Waals surface area contributed by atoms with Crippen molar-refractivity contribution in [3.05, 3.63) is 73.9 Å². The van der Waals surface area contributed by atoms with Gasteiger partial charge in [0.2, 0.25) is 5.91 Å². The van der Waals surface area contributed by atoms with Crippen LogP contribution in [0.25, 0.3) is 16.0 Å². The topological polar surface area (TPSA) is 79.8 Å². The molecule has 0 fully saturated rings. The number of thiazole rings is 1. The molecule has 0 aliphatic carbocycles. The SMILES string of the molecule is O=C(CSc1nc2c(sc(=S)n2-c2ccccc2)c(=O)[nH]1)Nc1cccc(Cl)c1. The maximum atomic E-state index is 12.5. The summed E-state index contributed by atoms with van der Waals surface area (Å²) in [5.41, 5.74) is 1.64. The molecular formula is C19H13ClN4O2S3. The quantitative estimate of drug-likeness (QED) is 0.252. The molecule has 0 spiro atoms. The summed E-state index contributed by atoms with van der Waals surface area (Å²) in [6, 6.07) is 16.4. The molecule has 0 unspecified atom stereocenters. The first-order valence-electron chi connectivity index (χ1n) is 8.41. The molecule has 1 amide bonds. The fourth-order valence-corrected chi connectivity index (χ4v) is 4.78. The molecule has 0 saturated carbocycles. The zero-order valence-corrected chi connectivity index (χ0v) is 17.9. The number of hydrogen-bond donors (Lipinski definition) is 2. The monoisotopic (exact) mass is 460 g/mol. The Balaban J connectivity index is 1.59. The number of nitrogens with one attached hydrogen (secondary N) is 2. The molecule has 4 aromatic rings. The lowest BCUT2D eigenvalue weighted by Gasteiger charge is -2.06. The largest absolute Gasteiger partial charge is 0.325 e. The molecule has 0 aliphatic rings. The highest BCUT2D eigenvalue weighted by Crippen LogP contribution is 2.24. The minimum atomic E-state index is -0.279. The zero-order valence-electron chi connectivity index (χ0n) is 14.7. The highest BCUT2D eigenvalue weighted by Gasteiger charge is 2.14. The van der Waals surface area contributed by atoms with Crippen molar-refractivity contribution in [3.8, 4) is 5.69 Å². The summed E-state index contributed by atoms with van der Waals surface area (Å²) in [4.78, 5) is 32.0. The van der Waals surface area contributed by atoms with E-state index in [0.29, 0.717) is 30.2 Å². The number of fused-ring (bicyclic) bond motifs is 1. The van der Waals surface area contributed by atoms with Crippen molar-refractivity contribution in [3.63, 3.8) is 0 Å². The van der Waals surface area contributed by atoms with Crippen LogP contribution in [0.1, 0.15) is 0 Å². The van der Waals surface area contributed by atoms with Gasteiger partial charge < -0.3 is 10.3 Å². The van der Waals surface area contributed by atoms with E-state index in [1.54, 1.807) is 28.8 Å². The lowest BCUT2D eigenvalue weighted by Crippen LogP contribution is -2.15. The molecule has 0 saturated heterocycles. The summed E-state index contributed by atoms with van der Waals surface area (Å²) in [6.07, 6.45) is 0. The van der Waals surface area contributed by atoms with Crippen molar-refractivity contribution >= 4 is 68.9 Å². The smallest absolute Gasteiger partial charge is 0.271 e. The van der Waals surface area contributed by atoms with E-state index in [-0.39, 0.29) is 17.2 Å². The first kappa shape index (κ1) is 19.8. The molecule has 2 aromatic carbocycles. The number of aromatic amines is 1. The normalized spacial score (nSPS) is 10.9. The van der Waals surface area contributed by atoms with Gasteiger partial charge in [0.05, 0.1) is 5.75 Å². The van der Waals surface area contributed by atoms with E-state index >= 15 is 0 Å². The van der Waals surface area contributed by atoms with Gasteiger partial charge in [-0.05, 0) is 42.5 Å². The number of carbonyl (C=O) groups excluding carboxylic acids is 1. The molecular weight excluding hydrogens is 448 g/mol. The van der Waals surface area contributed by atoms with Crippen molar-refractivity contribution in [1.29, 1.82) is 0 Å². The second-order valence-electron chi connectivity index (χ2n) is 5.91. The number of benzene rings is 2.